The molecule has 0 amide bonds. The molecule has 13 heavy (non-hydrogen) atoms. The fraction of sp³-hybridized carbons (Fsp3) is 0.818. The van der Waals surface area contributed by atoms with Crippen molar-refractivity contribution >= 4 is 22.6 Å². The Morgan fingerprint density at radius 2 is 1.85 bits per heavy atom. The van der Waals surface area contributed by atoms with Gasteiger partial charge in [-0.25, -0.2) is 0 Å². The Kier molecular flexibility index (Phi) is 6.79. The van der Waals surface area contributed by atoms with E-state index in [0.717, 1.165) is 24.1 Å². The predicted molar refractivity (Wildman–Crippen MR) is 67.8 cm³/mol. The molecule has 0 heterocycles. The Labute approximate surface area is 96.6 Å². The lowest BCUT2D eigenvalue weighted by Crippen LogP contribution is -2.52. The molecule has 0 aromatic carbocycles. The molecule has 0 saturated heterocycles. The van der Waals surface area contributed by atoms with Crippen LogP contribution in [0, 0.1) is 12.3 Å². The van der Waals surface area contributed by atoms with Gasteiger partial charge in [0.15, 0.2) is 0 Å². The summed E-state index contributed by atoms with van der Waals surface area (Å²) in [5.74, 6) is 2.82. The molecule has 0 aromatic rings. The summed E-state index contributed by atoms with van der Waals surface area (Å²) in [5.41, 5.74) is 0. The zero-order valence-electron chi connectivity index (χ0n) is 9.02. The van der Waals surface area contributed by atoms with Crippen molar-refractivity contribution in [3.63, 3.8) is 0 Å². The first kappa shape index (κ1) is 13.2. The molecule has 0 aromatic heterocycles. The maximum absolute atomic E-state index is 5.43. The van der Waals surface area contributed by atoms with Crippen LogP contribution in [0.3, 0.4) is 0 Å². The van der Waals surface area contributed by atoms with Gasteiger partial charge in [-0.15, -0.1) is 6.42 Å². The van der Waals surface area contributed by atoms with Gasteiger partial charge in [-0.2, -0.15) is 0 Å². The van der Waals surface area contributed by atoms with Crippen molar-refractivity contribution in [1.29, 1.82) is 0 Å². The summed E-state index contributed by atoms with van der Waals surface area (Å²) in [7, 11) is 0. The molecule has 0 aliphatic rings. The number of quaternary nitrogens is 1. The Morgan fingerprint density at radius 1 is 1.31 bits per heavy atom. The van der Waals surface area contributed by atoms with Gasteiger partial charge >= 0.3 is 0 Å². The number of hydrogen-bond donors (Lipinski definition) is 0. The average Bonchev–Trinajstić information content (AvgIpc) is 2.14. The first-order valence-corrected chi connectivity index (χ1v) is 6.34. The third-order valence-corrected chi connectivity index (χ3v) is 4.59. The van der Waals surface area contributed by atoms with Crippen molar-refractivity contribution in [3.8, 4) is 12.3 Å². The first-order chi connectivity index (χ1) is 6.16. The van der Waals surface area contributed by atoms with Gasteiger partial charge in [0, 0.05) is 6.42 Å². The SMILES string of the molecule is C#CC[N+](CC)(CC)C(I)CCC. The number of nitrogens with zero attached hydrogens (tertiary/aromatic N) is 1. The van der Waals surface area contributed by atoms with Gasteiger partial charge < -0.3 is 4.48 Å². The van der Waals surface area contributed by atoms with Crippen molar-refractivity contribution in [2.24, 2.45) is 0 Å². The zero-order valence-corrected chi connectivity index (χ0v) is 11.2. The molecule has 1 nitrogen and oxygen atoms in total. The summed E-state index contributed by atoms with van der Waals surface area (Å²) in [5, 5.41) is 0. The summed E-state index contributed by atoms with van der Waals surface area (Å²) in [6, 6.07) is 0. The van der Waals surface area contributed by atoms with Crippen LogP contribution in [0.25, 0.3) is 0 Å². The Bertz CT molecular complexity index is 167. The molecule has 1 unspecified atom stereocenters. The van der Waals surface area contributed by atoms with Crippen LogP contribution >= 0.6 is 22.6 Å². The van der Waals surface area contributed by atoms with E-state index in [1.807, 2.05) is 0 Å². The summed E-state index contributed by atoms with van der Waals surface area (Å²) >= 11 is 2.56. The number of terminal acetylenes is 1. The van der Waals surface area contributed by atoms with E-state index in [1.54, 1.807) is 0 Å². The highest BCUT2D eigenvalue weighted by Gasteiger charge is 2.29. The molecule has 0 N–H and O–H groups in total. The Hall–Kier alpha value is 0.250. The van der Waals surface area contributed by atoms with Crippen LogP contribution in [0.4, 0.5) is 0 Å². The second-order valence-corrected chi connectivity index (χ2v) is 4.87. The molecule has 0 saturated carbocycles. The lowest BCUT2D eigenvalue weighted by Gasteiger charge is -2.39. The summed E-state index contributed by atoms with van der Waals surface area (Å²) in [4.78, 5) is 0. The number of alkyl halides is 1. The van der Waals surface area contributed by atoms with Gasteiger partial charge in [-0.05, 0) is 48.8 Å². The highest BCUT2D eigenvalue weighted by molar-refractivity contribution is 14.1. The van der Waals surface area contributed by atoms with E-state index in [-0.39, 0.29) is 0 Å². The standard InChI is InChI=1S/C11H21IN/c1-5-9-11(12)13(7-3,8-4)10-6-2/h2,11H,5,7-10H2,1,3-4H3/q+1. The molecule has 0 bridgehead atoms. The summed E-state index contributed by atoms with van der Waals surface area (Å²) in [6.07, 6.45) is 7.95. The minimum atomic E-state index is 0.675. The van der Waals surface area contributed by atoms with Crippen LogP contribution in [0.1, 0.15) is 33.6 Å². The average molecular weight is 294 g/mol. The van der Waals surface area contributed by atoms with Gasteiger partial charge in [-0.1, -0.05) is 6.92 Å². The third-order valence-electron chi connectivity index (χ3n) is 2.79. The maximum Gasteiger partial charge on any atom is 0.141 e. The van der Waals surface area contributed by atoms with Crippen molar-refractivity contribution < 1.29 is 4.48 Å². The lowest BCUT2D eigenvalue weighted by atomic mass is 10.2. The van der Waals surface area contributed by atoms with Crippen molar-refractivity contribution in [2.45, 2.75) is 37.7 Å². The minimum absolute atomic E-state index is 0.675. The fourth-order valence-electron chi connectivity index (χ4n) is 1.64. The summed E-state index contributed by atoms with van der Waals surface area (Å²) in [6.45, 7) is 9.88. The van der Waals surface area contributed by atoms with Crippen molar-refractivity contribution in [3.05, 3.63) is 0 Å². The molecular weight excluding hydrogens is 273 g/mol. The fourth-order valence-corrected chi connectivity index (χ4v) is 3.24. The van der Waals surface area contributed by atoms with Crippen LogP contribution in [0.15, 0.2) is 0 Å². The summed E-state index contributed by atoms with van der Waals surface area (Å²) < 4.78 is 1.75. The van der Waals surface area contributed by atoms with E-state index in [4.69, 9.17) is 6.42 Å². The van der Waals surface area contributed by atoms with Crippen LogP contribution in [0.2, 0.25) is 0 Å². The zero-order chi connectivity index (χ0) is 10.3. The molecule has 0 rings (SSSR count). The van der Waals surface area contributed by atoms with E-state index >= 15 is 0 Å². The van der Waals surface area contributed by atoms with E-state index in [2.05, 4.69) is 49.3 Å². The smallest absolute Gasteiger partial charge is 0.141 e. The predicted octanol–water partition coefficient (Wildman–Crippen LogP) is 3.04. The first-order valence-electron chi connectivity index (χ1n) is 5.10. The molecule has 0 aliphatic carbocycles. The van der Waals surface area contributed by atoms with Crippen molar-refractivity contribution in [1.82, 2.24) is 0 Å². The normalized spacial score (nSPS) is 13.8. The van der Waals surface area contributed by atoms with E-state index in [9.17, 15) is 0 Å². The van der Waals surface area contributed by atoms with Gasteiger partial charge in [0.2, 0.25) is 0 Å². The minimum Gasteiger partial charge on any atom is -0.303 e. The van der Waals surface area contributed by atoms with E-state index in [0.29, 0.717) is 4.05 Å². The quantitative estimate of drug-likeness (QED) is 0.232. The number of hydrogen-bond acceptors (Lipinski definition) is 0. The van der Waals surface area contributed by atoms with Gasteiger partial charge in [-0.3, -0.25) is 0 Å². The molecule has 0 aliphatic heterocycles. The molecule has 1 atom stereocenters. The topological polar surface area (TPSA) is 0 Å². The second kappa shape index (κ2) is 6.67. The van der Waals surface area contributed by atoms with E-state index in [1.165, 1.54) is 12.8 Å². The van der Waals surface area contributed by atoms with Gasteiger partial charge in [0.1, 0.15) is 10.6 Å². The monoisotopic (exact) mass is 294 g/mol. The largest absolute Gasteiger partial charge is 0.303 e. The molecule has 76 valence electrons. The van der Waals surface area contributed by atoms with Crippen LogP contribution in [-0.2, 0) is 0 Å². The molecule has 2 heteroatoms. The van der Waals surface area contributed by atoms with Gasteiger partial charge in [0.25, 0.3) is 0 Å². The van der Waals surface area contributed by atoms with Crippen LogP contribution < -0.4 is 0 Å². The Balaban J connectivity index is 4.45. The van der Waals surface area contributed by atoms with Crippen LogP contribution in [-0.4, -0.2) is 28.2 Å². The second-order valence-electron chi connectivity index (χ2n) is 3.44. The highest BCUT2D eigenvalue weighted by atomic mass is 127. The third kappa shape index (κ3) is 3.47. The van der Waals surface area contributed by atoms with E-state index < -0.39 is 0 Å². The molecule has 0 fully saturated rings. The number of halogens is 1. The van der Waals surface area contributed by atoms with Gasteiger partial charge in [0.05, 0.1) is 13.1 Å². The molecule has 0 radical (unpaired) electrons. The lowest BCUT2D eigenvalue weighted by molar-refractivity contribution is -0.924. The molecular formula is C11H21IN+. The molecule has 0 spiro atoms. The number of rotatable bonds is 6. The maximum atomic E-state index is 5.43. The Morgan fingerprint density at radius 3 is 2.15 bits per heavy atom. The van der Waals surface area contributed by atoms with Crippen LogP contribution in [0.5, 0.6) is 0 Å². The highest BCUT2D eigenvalue weighted by Crippen LogP contribution is 2.23. The van der Waals surface area contributed by atoms with Crippen molar-refractivity contribution in [2.75, 3.05) is 19.6 Å².